The van der Waals surface area contributed by atoms with Gasteiger partial charge in [-0.05, 0) is 37.6 Å². The minimum absolute atomic E-state index is 0.668. The van der Waals surface area contributed by atoms with E-state index >= 15 is 0 Å². The fraction of sp³-hybridized carbons (Fsp3) is 0.571. The summed E-state index contributed by atoms with van der Waals surface area (Å²) in [5, 5.41) is 3.14. The van der Waals surface area contributed by atoms with E-state index in [1.807, 2.05) is 25.2 Å². The molecular formula is C14H23NO2. The Bertz CT molecular complexity index is 337. The van der Waals surface area contributed by atoms with Gasteiger partial charge in [0.15, 0.2) is 0 Å². The van der Waals surface area contributed by atoms with Gasteiger partial charge >= 0.3 is 0 Å². The number of benzene rings is 1. The second-order valence-electron chi connectivity index (χ2n) is 4.53. The summed E-state index contributed by atoms with van der Waals surface area (Å²) in [6, 6.07) is 5.93. The predicted molar refractivity (Wildman–Crippen MR) is 70.7 cm³/mol. The molecule has 1 aromatic rings. The third-order valence-corrected chi connectivity index (χ3v) is 2.59. The van der Waals surface area contributed by atoms with Crippen molar-refractivity contribution < 1.29 is 9.47 Å². The molecule has 0 saturated carbocycles. The lowest BCUT2D eigenvalue weighted by atomic mass is 10.1. The summed E-state index contributed by atoms with van der Waals surface area (Å²) in [6.07, 6.45) is 1.07. The van der Waals surface area contributed by atoms with Crippen LogP contribution in [0.2, 0.25) is 0 Å². The molecule has 0 saturated heterocycles. The van der Waals surface area contributed by atoms with Crippen LogP contribution < -0.4 is 14.8 Å². The third kappa shape index (κ3) is 4.65. The van der Waals surface area contributed by atoms with Crippen molar-refractivity contribution in [1.29, 1.82) is 0 Å². The molecule has 1 rings (SSSR count). The fourth-order valence-electron chi connectivity index (χ4n) is 1.56. The van der Waals surface area contributed by atoms with Crippen LogP contribution in [-0.2, 0) is 6.54 Å². The van der Waals surface area contributed by atoms with E-state index in [0.717, 1.165) is 36.6 Å². The molecule has 0 spiro atoms. The number of hydrogen-bond acceptors (Lipinski definition) is 3. The largest absolute Gasteiger partial charge is 0.497 e. The molecule has 0 aromatic heterocycles. The molecule has 0 aliphatic rings. The van der Waals surface area contributed by atoms with Crippen molar-refractivity contribution >= 4 is 0 Å². The summed E-state index contributed by atoms with van der Waals surface area (Å²) in [7, 11) is 3.61. The minimum atomic E-state index is 0.668. The van der Waals surface area contributed by atoms with Gasteiger partial charge in [0.1, 0.15) is 11.5 Å². The van der Waals surface area contributed by atoms with Crippen molar-refractivity contribution in [3.05, 3.63) is 23.8 Å². The lowest BCUT2D eigenvalue weighted by Gasteiger charge is -2.13. The Labute approximate surface area is 104 Å². The highest BCUT2D eigenvalue weighted by Gasteiger charge is 2.05. The summed E-state index contributed by atoms with van der Waals surface area (Å²) >= 11 is 0. The summed E-state index contributed by atoms with van der Waals surface area (Å²) < 4.78 is 11.0. The molecule has 0 fully saturated rings. The van der Waals surface area contributed by atoms with Crippen LogP contribution in [-0.4, -0.2) is 20.8 Å². The van der Waals surface area contributed by atoms with Crippen molar-refractivity contribution in [2.45, 2.75) is 26.8 Å². The van der Waals surface area contributed by atoms with Gasteiger partial charge in [-0.1, -0.05) is 13.8 Å². The summed E-state index contributed by atoms with van der Waals surface area (Å²) in [6.45, 7) is 5.95. The van der Waals surface area contributed by atoms with Gasteiger partial charge in [-0.25, -0.2) is 0 Å². The Morgan fingerprint density at radius 3 is 2.65 bits per heavy atom. The second-order valence-corrected chi connectivity index (χ2v) is 4.53. The van der Waals surface area contributed by atoms with Gasteiger partial charge in [0.2, 0.25) is 0 Å². The topological polar surface area (TPSA) is 30.5 Å². The van der Waals surface area contributed by atoms with E-state index in [-0.39, 0.29) is 0 Å². The highest BCUT2D eigenvalue weighted by molar-refractivity contribution is 5.40. The number of nitrogens with one attached hydrogen (secondary N) is 1. The van der Waals surface area contributed by atoms with Crippen molar-refractivity contribution in [1.82, 2.24) is 5.32 Å². The summed E-state index contributed by atoms with van der Waals surface area (Å²) in [5.74, 6) is 2.48. The quantitative estimate of drug-likeness (QED) is 0.791. The lowest BCUT2D eigenvalue weighted by Crippen LogP contribution is -2.09. The SMILES string of the molecule is CNCc1cc(OC)ccc1OCCC(C)C. The molecule has 0 radical (unpaired) electrons. The molecule has 17 heavy (non-hydrogen) atoms. The van der Waals surface area contributed by atoms with E-state index < -0.39 is 0 Å². The van der Waals surface area contributed by atoms with Crippen molar-refractivity contribution in [3.63, 3.8) is 0 Å². The zero-order valence-electron chi connectivity index (χ0n) is 11.2. The van der Waals surface area contributed by atoms with E-state index in [0.29, 0.717) is 5.92 Å². The van der Waals surface area contributed by atoms with Gasteiger partial charge in [-0.3, -0.25) is 0 Å². The van der Waals surface area contributed by atoms with Crippen molar-refractivity contribution in [3.8, 4) is 11.5 Å². The molecule has 1 N–H and O–H groups in total. The second kappa shape index (κ2) is 7.17. The first-order valence-corrected chi connectivity index (χ1v) is 6.11. The van der Waals surface area contributed by atoms with Crippen LogP contribution in [0.5, 0.6) is 11.5 Å². The van der Waals surface area contributed by atoms with Gasteiger partial charge < -0.3 is 14.8 Å². The molecule has 3 heteroatoms. The molecule has 3 nitrogen and oxygen atoms in total. The highest BCUT2D eigenvalue weighted by atomic mass is 16.5. The average molecular weight is 237 g/mol. The average Bonchev–Trinajstić information content (AvgIpc) is 2.31. The molecule has 0 amide bonds. The minimum Gasteiger partial charge on any atom is -0.497 e. The Hall–Kier alpha value is -1.22. The molecule has 0 aliphatic carbocycles. The Balaban J connectivity index is 2.68. The highest BCUT2D eigenvalue weighted by Crippen LogP contribution is 2.24. The molecule has 0 unspecified atom stereocenters. The molecule has 0 atom stereocenters. The Kier molecular flexibility index (Phi) is 5.84. The molecule has 0 heterocycles. The van der Waals surface area contributed by atoms with Crippen molar-refractivity contribution in [2.24, 2.45) is 5.92 Å². The van der Waals surface area contributed by atoms with E-state index in [1.54, 1.807) is 7.11 Å². The van der Waals surface area contributed by atoms with E-state index in [4.69, 9.17) is 9.47 Å². The maximum atomic E-state index is 5.80. The number of rotatable bonds is 7. The van der Waals surface area contributed by atoms with Crippen LogP contribution in [0, 0.1) is 5.92 Å². The zero-order valence-corrected chi connectivity index (χ0v) is 11.2. The van der Waals surface area contributed by atoms with Gasteiger partial charge in [-0.2, -0.15) is 0 Å². The smallest absolute Gasteiger partial charge is 0.124 e. The molecule has 96 valence electrons. The fourth-order valence-corrected chi connectivity index (χ4v) is 1.56. The maximum Gasteiger partial charge on any atom is 0.124 e. The summed E-state index contributed by atoms with van der Waals surface area (Å²) in [4.78, 5) is 0. The lowest BCUT2D eigenvalue weighted by molar-refractivity contribution is 0.286. The van der Waals surface area contributed by atoms with Crippen LogP contribution in [0.25, 0.3) is 0 Å². The standard InChI is InChI=1S/C14H23NO2/c1-11(2)7-8-17-14-6-5-13(16-4)9-12(14)10-15-3/h5-6,9,11,15H,7-8,10H2,1-4H3. The zero-order chi connectivity index (χ0) is 12.7. The molecule has 1 aromatic carbocycles. The molecular weight excluding hydrogens is 214 g/mol. The first-order chi connectivity index (χ1) is 8.17. The summed E-state index contributed by atoms with van der Waals surface area (Å²) in [5.41, 5.74) is 1.13. The predicted octanol–water partition coefficient (Wildman–Crippen LogP) is 2.84. The van der Waals surface area contributed by atoms with Crippen LogP contribution in [0.15, 0.2) is 18.2 Å². The number of methoxy groups -OCH3 is 1. The van der Waals surface area contributed by atoms with Crippen LogP contribution in [0.3, 0.4) is 0 Å². The van der Waals surface area contributed by atoms with E-state index in [2.05, 4.69) is 19.2 Å². The number of ether oxygens (including phenoxy) is 2. The molecule has 0 aliphatic heterocycles. The van der Waals surface area contributed by atoms with Gasteiger partial charge in [0, 0.05) is 12.1 Å². The first kappa shape index (κ1) is 13.8. The Morgan fingerprint density at radius 1 is 1.29 bits per heavy atom. The van der Waals surface area contributed by atoms with Crippen LogP contribution in [0.1, 0.15) is 25.8 Å². The van der Waals surface area contributed by atoms with Gasteiger partial charge in [0.05, 0.1) is 13.7 Å². The molecule has 0 bridgehead atoms. The van der Waals surface area contributed by atoms with E-state index in [9.17, 15) is 0 Å². The van der Waals surface area contributed by atoms with Gasteiger partial charge in [0.25, 0.3) is 0 Å². The van der Waals surface area contributed by atoms with Crippen LogP contribution in [0.4, 0.5) is 0 Å². The van der Waals surface area contributed by atoms with Crippen LogP contribution >= 0.6 is 0 Å². The first-order valence-electron chi connectivity index (χ1n) is 6.11. The monoisotopic (exact) mass is 237 g/mol. The maximum absolute atomic E-state index is 5.80. The van der Waals surface area contributed by atoms with E-state index in [1.165, 1.54) is 0 Å². The van der Waals surface area contributed by atoms with Crippen molar-refractivity contribution in [2.75, 3.05) is 20.8 Å². The third-order valence-electron chi connectivity index (χ3n) is 2.59. The Morgan fingerprint density at radius 2 is 2.06 bits per heavy atom. The number of hydrogen-bond donors (Lipinski definition) is 1. The van der Waals surface area contributed by atoms with Gasteiger partial charge in [-0.15, -0.1) is 0 Å². The normalized spacial score (nSPS) is 10.6.